The Labute approximate surface area is 111 Å². The van der Waals surface area contributed by atoms with Crippen LogP contribution in [0.25, 0.3) is 0 Å². The van der Waals surface area contributed by atoms with Crippen LogP contribution in [0.5, 0.6) is 0 Å². The molecule has 0 saturated carbocycles. The van der Waals surface area contributed by atoms with Crippen molar-refractivity contribution in [3.05, 3.63) is 35.9 Å². The maximum Gasteiger partial charge on any atom is 0.140 e. The molecule has 0 aliphatic rings. The molecule has 0 spiro atoms. The topological polar surface area (TPSA) is 23.5 Å². The Hall–Kier alpha value is -1.30. The molecule has 0 fully saturated rings. The van der Waals surface area contributed by atoms with Crippen molar-refractivity contribution in [2.75, 3.05) is 6.54 Å². The largest absolute Gasteiger partial charge is 0.376 e. The van der Waals surface area contributed by atoms with Crippen molar-refractivity contribution in [3.8, 4) is 11.8 Å². The van der Waals surface area contributed by atoms with Crippen LogP contribution < -0.4 is 0 Å². The molecule has 1 aromatic rings. The molecule has 0 saturated heterocycles. The Bertz CT molecular complexity index is 392. The number of benzene rings is 1. The summed E-state index contributed by atoms with van der Waals surface area (Å²) in [5.41, 5.74) is 0.852. The van der Waals surface area contributed by atoms with Gasteiger partial charge in [0.15, 0.2) is 0 Å². The second kappa shape index (κ2) is 7.20. The summed E-state index contributed by atoms with van der Waals surface area (Å²) in [6.07, 6.45) is -0.688. The lowest BCUT2D eigenvalue weighted by Gasteiger charge is -2.28. The second-order valence-corrected chi connectivity index (χ2v) is 4.99. The Morgan fingerprint density at radius 3 is 2.11 bits per heavy atom. The van der Waals surface area contributed by atoms with Gasteiger partial charge in [-0.1, -0.05) is 42.2 Å². The number of aliphatic hydroxyl groups excluding tert-OH is 1. The van der Waals surface area contributed by atoms with Crippen molar-refractivity contribution in [3.63, 3.8) is 0 Å². The van der Waals surface area contributed by atoms with Crippen LogP contribution in [0.1, 0.15) is 39.4 Å². The fraction of sp³-hybridized carbons (Fsp3) is 0.500. The Morgan fingerprint density at radius 1 is 1.06 bits per heavy atom. The van der Waals surface area contributed by atoms with E-state index >= 15 is 0 Å². The first-order valence-corrected chi connectivity index (χ1v) is 6.49. The van der Waals surface area contributed by atoms with Gasteiger partial charge < -0.3 is 5.11 Å². The molecule has 98 valence electrons. The van der Waals surface area contributed by atoms with E-state index in [0.717, 1.165) is 5.56 Å². The maximum atomic E-state index is 9.92. The van der Waals surface area contributed by atoms with E-state index in [1.807, 2.05) is 30.3 Å². The van der Waals surface area contributed by atoms with Crippen LogP contribution in [-0.4, -0.2) is 28.6 Å². The standard InChI is InChI=1S/C16H23NO/c1-13(2)17(14(3)4)12-8-11-16(18)15-9-6-5-7-10-15/h5-7,9-10,13-14,16,18H,12H2,1-4H3. The molecule has 1 atom stereocenters. The fourth-order valence-electron chi connectivity index (χ4n) is 1.91. The predicted molar refractivity (Wildman–Crippen MR) is 76.2 cm³/mol. The first-order valence-electron chi connectivity index (χ1n) is 6.49. The van der Waals surface area contributed by atoms with Crippen LogP contribution in [0.3, 0.4) is 0 Å². The van der Waals surface area contributed by atoms with Gasteiger partial charge in [-0.05, 0) is 33.3 Å². The van der Waals surface area contributed by atoms with E-state index in [1.165, 1.54) is 0 Å². The number of hydrogen-bond acceptors (Lipinski definition) is 2. The summed E-state index contributed by atoms with van der Waals surface area (Å²) in [5.74, 6) is 5.98. The van der Waals surface area contributed by atoms with Crippen LogP contribution in [0.4, 0.5) is 0 Å². The Kier molecular flexibility index (Phi) is 5.91. The zero-order valence-electron chi connectivity index (χ0n) is 11.7. The highest BCUT2D eigenvalue weighted by atomic mass is 16.3. The van der Waals surface area contributed by atoms with E-state index in [2.05, 4.69) is 44.4 Å². The molecule has 2 heteroatoms. The van der Waals surface area contributed by atoms with Crippen LogP contribution >= 0.6 is 0 Å². The summed E-state index contributed by atoms with van der Waals surface area (Å²) in [5, 5.41) is 9.92. The second-order valence-electron chi connectivity index (χ2n) is 4.99. The van der Waals surface area contributed by atoms with Crippen molar-refractivity contribution in [2.24, 2.45) is 0 Å². The molecule has 1 N–H and O–H groups in total. The van der Waals surface area contributed by atoms with Gasteiger partial charge in [0.2, 0.25) is 0 Å². The van der Waals surface area contributed by atoms with E-state index in [1.54, 1.807) is 0 Å². The number of nitrogens with zero attached hydrogens (tertiary/aromatic N) is 1. The van der Waals surface area contributed by atoms with Gasteiger partial charge in [-0.3, -0.25) is 4.90 Å². The smallest absolute Gasteiger partial charge is 0.140 e. The highest BCUT2D eigenvalue weighted by Gasteiger charge is 2.11. The van der Waals surface area contributed by atoms with Gasteiger partial charge in [0.25, 0.3) is 0 Å². The summed E-state index contributed by atoms with van der Waals surface area (Å²) >= 11 is 0. The van der Waals surface area contributed by atoms with E-state index in [0.29, 0.717) is 18.6 Å². The van der Waals surface area contributed by atoms with Gasteiger partial charge >= 0.3 is 0 Å². The van der Waals surface area contributed by atoms with Gasteiger partial charge in [-0.15, -0.1) is 0 Å². The minimum Gasteiger partial charge on any atom is -0.376 e. The van der Waals surface area contributed by atoms with E-state index in [-0.39, 0.29) is 0 Å². The van der Waals surface area contributed by atoms with Crippen molar-refractivity contribution in [2.45, 2.75) is 45.9 Å². The predicted octanol–water partition coefficient (Wildman–Crippen LogP) is 2.84. The molecule has 0 bridgehead atoms. The van der Waals surface area contributed by atoms with Gasteiger partial charge in [-0.25, -0.2) is 0 Å². The first kappa shape index (κ1) is 14.8. The molecule has 1 aromatic carbocycles. The molecular formula is C16H23NO. The van der Waals surface area contributed by atoms with Gasteiger partial charge in [0, 0.05) is 12.1 Å². The Morgan fingerprint density at radius 2 is 1.61 bits per heavy atom. The summed E-state index contributed by atoms with van der Waals surface area (Å²) < 4.78 is 0. The van der Waals surface area contributed by atoms with Crippen LogP contribution in [0, 0.1) is 11.8 Å². The van der Waals surface area contributed by atoms with Crippen LogP contribution in [0.15, 0.2) is 30.3 Å². The summed E-state index contributed by atoms with van der Waals surface area (Å²) in [6.45, 7) is 9.34. The fourth-order valence-corrected chi connectivity index (χ4v) is 1.91. The number of hydrogen-bond donors (Lipinski definition) is 1. The SMILES string of the molecule is CC(C)N(CC#CC(O)c1ccccc1)C(C)C. The normalized spacial score (nSPS) is 12.7. The van der Waals surface area contributed by atoms with Crippen LogP contribution in [-0.2, 0) is 0 Å². The first-order chi connectivity index (χ1) is 8.52. The lowest BCUT2D eigenvalue weighted by molar-refractivity contribution is 0.199. The van der Waals surface area contributed by atoms with Crippen molar-refractivity contribution < 1.29 is 5.11 Å². The molecule has 2 nitrogen and oxygen atoms in total. The molecule has 18 heavy (non-hydrogen) atoms. The third-order valence-electron chi connectivity index (χ3n) is 2.94. The maximum absolute atomic E-state index is 9.92. The number of aliphatic hydroxyl groups is 1. The van der Waals surface area contributed by atoms with Crippen LogP contribution in [0.2, 0.25) is 0 Å². The van der Waals surface area contributed by atoms with Crippen molar-refractivity contribution in [1.29, 1.82) is 0 Å². The number of rotatable bonds is 4. The lowest BCUT2D eigenvalue weighted by Crippen LogP contribution is -2.37. The van der Waals surface area contributed by atoms with Gasteiger partial charge in [0.1, 0.15) is 6.10 Å². The van der Waals surface area contributed by atoms with Crippen molar-refractivity contribution in [1.82, 2.24) is 4.90 Å². The zero-order valence-corrected chi connectivity index (χ0v) is 11.7. The molecule has 1 rings (SSSR count). The summed E-state index contributed by atoms with van der Waals surface area (Å²) in [6, 6.07) is 10.5. The molecule has 0 aromatic heterocycles. The molecule has 0 aliphatic carbocycles. The van der Waals surface area contributed by atoms with E-state index in [4.69, 9.17) is 0 Å². The Balaban J connectivity index is 2.60. The quantitative estimate of drug-likeness (QED) is 0.825. The minimum atomic E-state index is -0.688. The highest BCUT2D eigenvalue weighted by Crippen LogP contribution is 2.10. The monoisotopic (exact) mass is 245 g/mol. The van der Waals surface area contributed by atoms with E-state index in [9.17, 15) is 5.11 Å². The third-order valence-corrected chi connectivity index (χ3v) is 2.94. The molecule has 0 aliphatic heterocycles. The molecule has 1 unspecified atom stereocenters. The molecular weight excluding hydrogens is 222 g/mol. The summed E-state index contributed by atoms with van der Waals surface area (Å²) in [7, 11) is 0. The molecule has 0 radical (unpaired) electrons. The molecule has 0 amide bonds. The average molecular weight is 245 g/mol. The zero-order chi connectivity index (χ0) is 13.5. The lowest BCUT2D eigenvalue weighted by atomic mass is 10.1. The third kappa shape index (κ3) is 4.52. The van der Waals surface area contributed by atoms with E-state index < -0.39 is 6.10 Å². The minimum absolute atomic E-state index is 0.466. The van der Waals surface area contributed by atoms with Crippen molar-refractivity contribution >= 4 is 0 Å². The van der Waals surface area contributed by atoms with Gasteiger partial charge in [-0.2, -0.15) is 0 Å². The molecule has 0 heterocycles. The van der Waals surface area contributed by atoms with Gasteiger partial charge in [0.05, 0.1) is 6.54 Å². The summed E-state index contributed by atoms with van der Waals surface area (Å²) in [4.78, 5) is 2.30. The average Bonchev–Trinajstić information content (AvgIpc) is 2.34. The highest BCUT2D eigenvalue weighted by molar-refractivity contribution is 5.24.